The molecule has 0 aliphatic carbocycles. The Morgan fingerprint density at radius 1 is 1.35 bits per heavy atom. The molecule has 6 nitrogen and oxygen atoms in total. The van der Waals surface area contributed by atoms with E-state index >= 15 is 0 Å². The van der Waals surface area contributed by atoms with Crippen LogP contribution in [-0.2, 0) is 9.84 Å². The Kier molecular flexibility index (Phi) is 4.15. The molecular weight excluding hydrogens is 285 g/mol. The molecule has 1 unspecified atom stereocenters. The fourth-order valence-electron chi connectivity index (χ4n) is 1.57. The molecule has 1 aromatic carbocycles. The number of sulfone groups is 1. The van der Waals surface area contributed by atoms with Crippen LogP contribution in [0, 0.1) is 5.82 Å². The highest BCUT2D eigenvalue weighted by Crippen LogP contribution is 2.19. The van der Waals surface area contributed by atoms with Crippen molar-refractivity contribution in [1.29, 1.82) is 0 Å². The lowest BCUT2D eigenvalue weighted by Gasteiger charge is -2.04. The van der Waals surface area contributed by atoms with Gasteiger partial charge in [0.15, 0.2) is 0 Å². The molecule has 108 valence electrons. The first-order valence-corrected chi connectivity index (χ1v) is 7.94. The van der Waals surface area contributed by atoms with Crippen molar-refractivity contribution in [3.05, 3.63) is 36.0 Å². The monoisotopic (exact) mass is 299 g/mol. The van der Waals surface area contributed by atoms with Gasteiger partial charge in [0.2, 0.25) is 11.7 Å². The van der Waals surface area contributed by atoms with Crippen LogP contribution < -0.4 is 5.73 Å². The molecular formula is C12H14FN3O3S. The fourth-order valence-corrected chi connectivity index (χ4v) is 2.25. The van der Waals surface area contributed by atoms with E-state index in [1.54, 1.807) is 0 Å². The van der Waals surface area contributed by atoms with Crippen LogP contribution in [0.25, 0.3) is 11.4 Å². The first kappa shape index (κ1) is 14.6. The second-order valence-electron chi connectivity index (χ2n) is 4.49. The van der Waals surface area contributed by atoms with Gasteiger partial charge in [0.1, 0.15) is 15.7 Å². The average molecular weight is 299 g/mol. The maximum absolute atomic E-state index is 12.8. The standard InChI is InChI=1S/C12H14FN3O3S/c1-20(17,18)7-6-10(14)12-15-11(16-19-12)8-2-4-9(13)5-3-8/h2-5,10H,6-7,14H2,1H3. The second kappa shape index (κ2) is 5.68. The minimum atomic E-state index is -3.09. The Balaban J connectivity index is 2.10. The van der Waals surface area contributed by atoms with Gasteiger partial charge in [0, 0.05) is 11.8 Å². The highest BCUT2D eigenvalue weighted by atomic mass is 32.2. The first-order valence-electron chi connectivity index (χ1n) is 5.88. The Labute approximate surface area is 115 Å². The van der Waals surface area contributed by atoms with Gasteiger partial charge in [-0.25, -0.2) is 12.8 Å². The summed E-state index contributed by atoms with van der Waals surface area (Å²) in [7, 11) is -3.09. The molecule has 0 saturated heterocycles. The van der Waals surface area contributed by atoms with Crippen LogP contribution >= 0.6 is 0 Å². The fraction of sp³-hybridized carbons (Fsp3) is 0.333. The molecule has 0 aliphatic rings. The van der Waals surface area contributed by atoms with E-state index in [1.807, 2.05) is 0 Å². The van der Waals surface area contributed by atoms with Crippen LogP contribution in [0.5, 0.6) is 0 Å². The largest absolute Gasteiger partial charge is 0.337 e. The third kappa shape index (κ3) is 3.84. The zero-order valence-corrected chi connectivity index (χ0v) is 11.6. The van der Waals surface area contributed by atoms with Gasteiger partial charge < -0.3 is 10.3 Å². The lowest BCUT2D eigenvalue weighted by molar-refractivity contribution is 0.352. The summed E-state index contributed by atoms with van der Waals surface area (Å²) in [6.45, 7) is 0. The van der Waals surface area contributed by atoms with Crippen molar-refractivity contribution in [3.63, 3.8) is 0 Å². The number of nitrogens with zero attached hydrogens (tertiary/aromatic N) is 2. The smallest absolute Gasteiger partial charge is 0.243 e. The molecule has 2 rings (SSSR count). The molecule has 0 spiro atoms. The third-order valence-corrected chi connectivity index (χ3v) is 3.64. The van der Waals surface area contributed by atoms with Gasteiger partial charge in [0.05, 0.1) is 11.8 Å². The Morgan fingerprint density at radius 2 is 2.00 bits per heavy atom. The normalized spacial score (nSPS) is 13.3. The molecule has 0 amide bonds. The molecule has 1 aromatic heterocycles. The molecule has 20 heavy (non-hydrogen) atoms. The van der Waals surface area contributed by atoms with E-state index in [2.05, 4.69) is 10.1 Å². The van der Waals surface area contributed by atoms with Crippen LogP contribution in [0.3, 0.4) is 0 Å². The van der Waals surface area contributed by atoms with E-state index in [0.29, 0.717) is 5.56 Å². The summed E-state index contributed by atoms with van der Waals surface area (Å²) in [5.74, 6) is 0.0349. The molecule has 1 atom stereocenters. The number of aromatic nitrogens is 2. The molecule has 8 heteroatoms. The van der Waals surface area contributed by atoms with Crippen LogP contribution in [-0.4, -0.2) is 30.6 Å². The number of benzene rings is 1. The van der Waals surface area contributed by atoms with Crippen LogP contribution in [0.1, 0.15) is 18.4 Å². The quantitative estimate of drug-likeness (QED) is 0.893. The summed E-state index contributed by atoms with van der Waals surface area (Å²) in [6.07, 6.45) is 1.33. The van der Waals surface area contributed by atoms with Crippen molar-refractivity contribution in [1.82, 2.24) is 10.1 Å². The zero-order chi connectivity index (χ0) is 14.8. The van der Waals surface area contributed by atoms with Gasteiger partial charge in [-0.15, -0.1) is 0 Å². The molecule has 0 bridgehead atoms. The maximum atomic E-state index is 12.8. The molecule has 1 heterocycles. The Bertz CT molecular complexity index is 682. The Hall–Kier alpha value is -1.80. The lowest BCUT2D eigenvalue weighted by Crippen LogP contribution is -2.16. The van der Waals surface area contributed by atoms with Crippen molar-refractivity contribution in [2.75, 3.05) is 12.0 Å². The number of nitrogens with two attached hydrogens (primary N) is 1. The van der Waals surface area contributed by atoms with Crippen molar-refractivity contribution in [3.8, 4) is 11.4 Å². The van der Waals surface area contributed by atoms with E-state index in [1.165, 1.54) is 24.3 Å². The summed E-state index contributed by atoms with van der Waals surface area (Å²) in [4.78, 5) is 4.09. The van der Waals surface area contributed by atoms with Crippen molar-refractivity contribution < 1.29 is 17.3 Å². The van der Waals surface area contributed by atoms with Gasteiger partial charge in [-0.1, -0.05) is 5.16 Å². The van der Waals surface area contributed by atoms with Crippen molar-refractivity contribution in [2.24, 2.45) is 5.73 Å². The van der Waals surface area contributed by atoms with Gasteiger partial charge in [0.25, 0.3) is 0 Å². The van der Waals surface area contributed by atoms with E-state index in [-0.39, 0.29) is 29.7 Å². The van der Waals surface area contributed by atoms with Gasteiger partial charge in [-0.3, -0.25) is 0 Å². The van der Waals surface area contributed by atoms with Crippen LogP contribution in [0.2, 0.25) is 0 Å². The topological polar surface area (TPSA) is 99.1 Å². The molecule has 0 aliphatic heterocycles. The van der Waals surface area contributed by atoms with Gasteiger partial charge in [-0.05, 0) is 30.7 Å². The number of halogens is 1. The molecule has 2 aromatic rings. The minimum Gasteiger partial charge on any atom is -0.337 e. The zero-order valence-electron chi connectivity index (χ0n) is 10.8. The molecule has 2 N–H and O–H groups in total. The Morgan fingerprint density at radius 3 is 2.60 bits per heavy atom. The highest BCUT2D eigenvalue weighted by molar-refractivity contribution is 7.90. The number of hydrogen-bond donors (Lipinski definition) is 1. The summed E-state index contributed by atoms with van der Waals surface area (Å²) in [5.41, 5.74) is 6.39. The second-order valence-corrected chi connectivity index (χ2v) is 6.75. The summed E-state index contributed by atoms with van der Waals surface area (Å²) >= 11 is 0. The third-order valence-electron chi connectivity index (χ3n) is 2.66. The van der Waals surface area contributed by atoms with Crippen molar-refractivity contribution >= 4 is 9.84 Å². The molecule has 0 radical (unpaired) electrons. The number of hydrogen-bond acceptors (Lipinski definition) is 6. The minimum absolute atomic E-state index is 0.0531. The van der Waals surface area contributed by atoms with E-state index in [4.69, 9.17) is 10.3 Å². The van der Waals surface area contributed by atoms with Crippen LogP contribution in [0.4, 0.5) is 4.39 Å². The average Bonchev–Trinajstić information content (AvgIpc) is 2.85. The van der Waals surface area contributed by atoms with Crippen molar-refractivity contribution in [2.45, 2.75) is 12.5 Å². The first-order chi connectivity index (χ1) is 9.35. The van der Waals surface area contributed by atoms with Crippen LogP contribution in [0.15, 0.2) is 28.8 Å². The van der Waals surface area contributed by atoms with E-state index < -0.39 is 15.9 Å². The number of rotatable bonds is 5. The van der Waals surface area contributed by atoms with E-state index in [9.17, 15) is 12.8 Å². The predicted molar refractivity (Wildman–Crippen MR) is 70.9 cm³/mol. The maximum Gasteiger partial charge on any atom is 0.243 e. The lowest BCUT2D eigenvalue weighted by atomic mass is 10.2. The van der Waals surface area contributed by atoms with Gasteiger partial charge >= 0.3 is 0 Å². The predicted octanol–water partition coefficient (Wildman–Crippen LogP) is 1.31. The summed E-state index contributed by atoms with van der Waals surface area (Å²) in [6, 6.07) is 4.97. The van der Waals surface area contributed by atoms with Gasteiger partial charge in [-0.2, -0.15) is 4.98 Å². The summed E-state index contributed by atoms with van der Waals surface area (Å²) in [5, 5.41) is 3.74. The molecule has 0 saturated carbocycles. The van der Waals surface area contributed by atoms with E-state index in [0.717, 1.165) is 6.26 Å². The summed E-state index contributed by atoms with van der Waals surface area (Å²) < 4.78 is 39.9. The highest BCUT2D eigenvalue weighted by Gasteiger charge is 2.17. The SMILES string of the molecule is CS(=O)(=O)CCC(N)c1nc(-c2ccc(F)cc2)no1. The molecule has 0 fully saturated rings.